The van der Waals surface area contributed by atoms with E-state index in [9.17, 15) is 0 Å². The number of benzene rings is 1. The highest BCUT2D eigenvalue weighted by Crippen LogP contribution is 2.29. The molecular formula is C20H23ClN6O. The monoisotopic (exact) mass is 398 g/mol. The summed E-state index contributed by atoms with van der Waals surface area (Å²) < 4.78 is 5.58. The number of anilines is 1. The van der Waals surface area contributed by atoms with Gasteiger partial charge in [-0.2, -0.15) is 10.1 Å². The molecule has 0 amide bonds. The normalized spacial score (nSPS) is 17.1. The Balaban J connectivity index is 1.52. The van der Waals surface area contributed by atoms with Crippen LogP contribution in [-0.4, -0.2) is 38.4 Å². The zero-order chi connectivity index (χ0) is 19.5. The van der Waals surface area contributed by atoms with Crippen molar-refractivity contribution in [2.75, 3.05) is 18.0 Å². The van der Waals surface area contributed by atoms with E-state index in [0.29, 0.717) is 22.7 Å². The summed E-state index contributed by atoms with van der Waals surface area (Å²) in [6.45, 7) is 5.83. The van der Waals surface area contributed by atoms with Crippen LogP contribution in [0, 0.1) is 0 Å². The van der Waals surface area contributed by atoms with Gasteiger partial charge in [0.1, 0.15) is 0 Å². The van der Waals surface area contributed by atoms with Gasteiger partial charge >= 0.3 is 0 Å². The number of rotatable bonds is 5. The fraction of sp³-hybridized carbons (Fsp3) is 0.450. The van der Waals surface area contributed by atoms with Gasteiger partial charge in [-0.3, -0.25) is 0 Å². The quantitative estimate of drug-likeness (QED) is 0.640. The molecule has 0 bridgehead atoms. The van der Waals surface area contributed by atoms with E-state index in [1.54, 1.807) is 0 Å². The summed E-state index contributed by atoms with van der Waals surface area (Å²) in [5.41, 5.74) is 2.89. The summed E-state index contributed by atoms with van der Waals surface area (Å²) in [5.74, 6) is 2.09. The molecule has 8 heteroatoms. The van der Waals surface area contributed by atoms with Crippen molar-refractivity contribution >= 4 is 17.5 Å². The molecule has 1 unspecified atom stereocenters. The van der Waals surface area contributed by atoms with Gasteiger partial charge in [0.05, 0.1) is 17.3 Å². The largest absolute Gasteiger partial charge is 0.339 e. The number of piperidine rings is 1. The highest BCUT2D eigenvalue weighted by atomic mass is 35.5. The summed E-state index contributed by atoms with van der Waals surface area (Å²) in [4.78, 5) is 11.5. The maximum Gasteiger partial charge on any atom is 0.245 e. The standard InChI is InChI=1S/C20H23ClN6O/c1-3-16-17(4-2)24-25-20(22-16)27-11-5-6-14(12-27)19-23-18(26-28-19)13-7-9-15(21)10-8-13/h7-10,14H,3-6,11-12H2,1-2H3. The van der Waals surface area contributed by atoms with Crippen LogP contribution in [0.1, 0.15) is 49.9 Å². The highest BCUT2D eigenvalue weighted by Gasteiger charge is 2.28. The third kappa shape index (κ3) is 3.85. The number of nitrogens with zero attached hydrogens (tertiary/aromatic N) is 6. The van der Waals surface area contributed by atoms with Gasteiger partial charge in [-0.05, 0) is 49.9 Å². The molecule has 1 aliphatic rings. The average molecular weight is 399 g/mol. The second-order valence-corrected chi connectivity index (χ2v) is 7.40. The molecule has 1 aromatic carbocycles. The number of hydrogen-bond donors (Lipinski definition) is 0. The minimum absolute atomic E-state index is 0.154. The van der Waals surface area contributed by atoms with Crippen LogP contribution >= 0.6 is 11.6 Å². The lowest BCUT2D eigenvalue weighted by molar-refractivity contribution is 0.332. The molecule has 146 valence electrons. The molecular weight excluding hydrogens is 376 g/mol. The van der Waals surface area contributed by atoms with Gasteiger partial charge in [-0.15, -0.1) is 5.10 Å². The molecule has 1 saturated heterocycles. The van der Waals surface area contributed by atoms with Crippen molar-refractivity contribution in [1.82, 2.24) is 25.3 Å². The van der Waals surface area contributed by atoms with Gasteiger partial charge in [0.15, 0.2) is 0 Å². The van der Waals surface area contributed by atoms with Crippen LogP contribution in [0.5, 0.6) is 0 Å². The van der Waals surface area contributed by atoms with Crippen molar-refractivity contribution in [2.45, 2.75) is 45.4 Å². The SMILES string of the molecule is CCc1nnc(N2CCCC(c3nc(-c4ccc(Cl)cc4)no3)C2)nc1CC. The molecule has 0 radical (unpaired) electrons. The Hall–Kier alpha value is -2.54. The van der Waals surface area contributed by atoms with E-state index >= 15 is 0 Å². The second kappa shape index (κ2) is 8.22. The van der Waals surface area contributed by atoms with Gasteiger partial charge in [0, 0.05) is 23.7 Å². The van der Waals surface area contributed by atoms with E-state index in [2.05, 4.69) is 39.1 Å². The van der Waals surface area contributed by atoms with Gasteiger partial charge < -0.3 is 9.42 Å². The van der Waals surface area contributed by atoms with E-state index < -0.39 is 0 Å². The van der Waals surface area contributed by atoms with Crippen molar-refractivity contribution in [3.63, 3.8) is 0 Å². The maximum atomic E-state index is 5.95. The van der Waals surface area contributed by atoms with Crippen LogP contribution in [0.15, 0.2) is 28.8 Å². The molecule has 1 fully saturated rings. The maximum absolute atomic E-state index is 5.95. The van der Waals surface area contributed by atoms with E-state index in [0.717, 1.165) is 55.7 Å². The average Bonchev–Trinajstić information content (AvgIpc) is 3.24. The van der Waals surface area contributed by atoms with Gasteiger partial charge in [0.2, 0.25) is 17.7 Å². The lowest BCUT2D eigenvalue weighted by Crippen LogP contribution is -2.36. The predicted octanol–water partition coefficient (Wildman–Crippen LogP) is 4.08. The summed E-state index contributed by atoms with van der Waals surface area (Å²) in [5, 5.41) is 13.6. The van der Waals surface area contributed by atoms with Crippen LogP contribution < -0.4 is 4.90 Å². The van der Waals surface area contributed by atoms with Gasteiger partial charge in [0.25, 0.3) is 0 Å². The zero-order valence-corrected chi connectivity index (χ0v) is 16.9. The van der Waals surface area contributed by atoms with Crippen LogP contribution in [0.3, 0.4) is 0 Å². The van der Waals surface area contributed by atoms with Crippen LogP contribution in [0.4, 0.5) is 5.95 Å². The first-order chi connectivity index (χ1) is 13.7. The predicted molar refractivity (Wildman–Crippen MR) is 108 cm³/mol. The lowest BCUT2D eigenvalue weighted by atomic mass is 9.98. The second-order valence-electron chi connectivity index (χ2n) is 6.96. The van der Waals surface area contributed by atoms with E-state index in [-0.39, 0.29) is 5.92 Å². The lowest BCUT2D eigenvalue weighted by Gasteiger charge is -2.30. The third-order valence-corrected chi connectivity index (χ3v) is 5.35. The Labute approximate surface area is 169 Å². The minimum atomic E-state index is 0.154. The molecule has 0 spiro atoms. The van der Waals surface area contributed by atoms with Crippen molar-refractivity contribution < 1.29 is 4.52 Å². The van der Waals surface area contributed by atoms with Crippen molar-refractivity contribution in [3.05, 3.63) is 46.6 Å². The van der Waals surface area contributed by atoms with Crippen LogP contribution in [0.2, 0.25) is 5.02 Å². The molecule has 1 aliphatic heterocycles. The summed E-state index contributed by atoms with van der Waals surface area (Å²) >= 11 is 5.95. The Morgan fingerprint density at radius 3 is 2.61 bits per heavy atom. The molecule has 3 aromatic rings. The first-order valence-corrected chi connectivity index (χ1v) is 10.1. The number of aromatic nitrogens is 5. The molecule has 0 N–H and O–H groups in total. The number of hydrogen-bond acceptors (Lipinski definition) is 7. The fourth-order valence-electron chi connectivity index (χ4n) is 3.54. The molecule has 1 atom stereocenters. The summed E-state index contributed by atoms with van der Waals surface area (Å²) in [6, 6.07) is 7.44. The summed E-state index contributed by atoms with van der Waals surface area (Å²) in [6.07, 6.45) is 3.72. The third-order valence-electron chi connectivity index (χ3n) is 5.10. The van der Waals surface area contributed by atoms with E-state index in [1.807, 2.05) is 24.3 Å². The zero-order valence-electron chi connectivity index (χ0n) is 16.1. The molecule has 3 heterocycles. The summed E-state index contributed by atoms with van der Waals surface area (Å²) in [7, 11) is 0. The topological polar surface area (TPSA) is 80.8 Å². The number of halogens is 1. The van der Waals surface area contributed by atoms with Crippen LogP contribution in [0.25, 0.3) is 11.4 Å². The molecule has 0 saturated carbocycles. The smallest absolute Gasteiger partial charge is 0.245 e. The molecule has 7 nitrogen and oxygen atoms in total. The molecule has 4 rings (SSSR count). The van der Waals surface area contributed by atoms with Crippen molar-refractivity contribution in [2.24, 2.45) is 0 Å². The Bertz CT molecular complexity index is 942. The van der Waals surface area contributed by atoms with E-state index in [4.69, 9.17) is 21.1 Å². The van der Waals surface area contributed by atoms with Gasteiger partial charge in [-0.25, -0.2) is 4.98 Å². The minimum Gasteiger partial charge on any atom is -0.339 e. The Morgan fingerprint density at radius 1 is 1.07 bits per heavy atom. The fourth-order valence-corrected chi connectivity index (χ4v) is 3.67. The van der Waals surface area contributed by atoms with Crippen molar-refractivity contribution in [1.29, 1.82) is 0 Å². The Morgan fingerprint density at radius 2 is 1.86 bits per heavy atom. The van der Waals surface area contributed by atoms with Gasteiger partial charge in [-0.1, -0.05) is 30.6 Å². The highest BCUT2D eigenvalue weighted by molar-refractivity contribution is 6.30. The number of aryl methyl sites for hydroxylation is 2. The first kappa shape index (κ1) is 18.8. The molecule has 0 aliphatic carbocycles. The molecule has 28 heavy (non-hydrogen) atoms. The van der Waals surface area contributed by atoms with E-state index in [1.165, 1.54) is 0 Å². The van der Waals surface area contributed by atoms with Crippen molar-refractivity contribution in [3.8, 4) is 11.4 Å². The van der Waals surface area contributed by atoms with Crippen LogP contribution in [-0.2, 0) is 12.8 Å². The molecule has 2 aromatic heterocycles. The Kier molecular flexibility index (Phi) is 5.52. The first-order valence-electron chi connectivity index (χ1n) is 9.74.